The van der Waals surface area contributed by atoms with Crippen molar-refractivity contribution in [2.45, 2.75) is 59.2 Å². The Hall–Kier alpha value is -1.78. The summed E-state index contributed by atoms with van der Waals surface area (Å²) in [7, 11) is 1.99. The van der Waals surface area contributed by atoms with Gasteiger partial charge in [-0.1, -0.05) is 13.8 Å². The van der Waals surface area contributed by atoms with E-state index in [1.165, 1.54) is 0 Å². The molecule has 1 aliphatic rings. The number of hydrogen-bond acceptors (Lipinski definition) is 2. The summed E-state index contributed by atoms with van der Waals surface area (Å²) in [5.74, 6) is 0.00631. The molecule has 0 spiro atoms. The lowest BCUT2D eigenvalue weighted by molar-refractivity contribution is -0.144. The van der Waals surface area contributed by atoms with E-state index in [9.17, 15) is 9.59 Å². The van der Waals surface area contributed by atoms with Crippen molar-refractivity contribution in [3.63, 3.8) is 0 Å². The maximum absolute atomic E-state index is 12.8. The fourth-order valence-corrected chi connectivity index (χ4v) is 2.73. The topological polar surface area (TPSA) is 45.6 Å². The van der Waals surface area contributed by atoms with Crippen LogP contribution in [0.2, 0.25) is 0 Å². The molecule has 0 saturated heterocycles. The third-order valence-corrected chi connectivity index (χ3v) is 4.40. The van der Waals surface area contributed by atoms with Crippen molar-refractivity contribution in [1.29, 1.82) is 0 Å². The van der Waals surface area contributed by atoms with Crippen LogP contribution < -0.4 is 0 Å². The minimum atomic E-state index is -0.0903. The Morgan fingerprint density at radius 3 is 2.35 bits per heavy atom. The molecule has 23 heavy (non-hydrogen) atoms. The van der Waals surface area contributed by atoms with Gasteiger partial charge in [0, 0.05) is 36.9 Å². The van der Waals surface area contributed by atoms with E-state index < -0.39 is 0 Å². The quantitative estimate of drug-likeness (QED) is 0.775. The molecule has 5 heteroatoms. The molecule has 0 unspecified atom stereocenters. The normalized spacial score (nSPS) is 14.4. The molecule has 1 fully saturated rings. The minimum absolute atomic E-state index is 0.0324. The van der Waals surface area contributed by atoms with Gasteiger partial charge in [0.05, 0.1) is 6.54 Å². The van der Waals surface area contributed by atoms with Gasteiger partial charge >= 0.3 is 0 Å². The zero-order valence-electron chi connectivity index (χ0n) is 15.0. The van der Waals surface area contributed by atoms with Gasteiger partial charge in [-0.05, 0) is 38.8 Å². The van der Waals surface area contributed by atoms with Crippen molar-refractivity contribution < 1.29 is 9.59 Å². The first-order chi connectivity index (χ1) is 10.8. The van der Waals surface area contributed by atoms with E-state index in [1.807, 2.05) is 62.5 Å². The van der Waals surface area contributed by atoms with Gasteiger partial charge in [0.1, 0.15) is 6.54 Å². The SMILES string of the molecule is CC(C)C(=O)N(CC(=O)N(Cc1cccn1C)C1CC1)C(C)C. The zero-order valence-corrected chi connectivity index (χ0v) is 15.0. The second kappa shape index (κ2) is 7.20. The number of carbonyl (C=O) groups is 2. The van der Waals surface area contributed by atoms with Crippen LogP contribution in [-0.2, 0) is 23.2 Å². The predicted octanol–water partition coefficient (Wildman–Crippen LogP) is 2.41. The smallest absolute Gasteiger partial charge is 0.242 e. The van der Waals surface area contributed by atoms with Crippen LogP contribution in [0.15, 0.2) is 18.3 Å². The lowest BCUT2D eigenvalue weighted by Crippen LogP contribution is -2.47. The number of nitrogens with zero attached hydrogens (tertiary/aromatic N) is 3. The third-order valence-electron chi connectivity index (χ3n) is 4.40. The van der Waals surface area contributed by atoms with Gasteiger partial charge in [-0.3, -0.25) is 9.59 Å². The van der Waals surface area contributed by atoms with Crippen molar-refractivity contribution in [3.8, 4) is 0 Å². The molecular formula is C18H29N3O2. The molecule has 0 atom stereocenters. The number of hydrogen-bond donors (Lipinski definition) is 0. The van der Waals surface area contributed by atoms with Crippen LogP contribution in [0.5, 0.6) is 0 Å². The highest BCUT2D eigenvalue weighted by atomic mass is 16.2. The summed E-state index contributed by atoms with van der Waals surface area (Å²) in [5, 5.41) is 0. The summed E-state index contributed by atoms with van der Waals surface area (Å²) in [6.07, 6.45) is 4.12. The molecular weight excluding hydrogens is 290 g/mol. The van der Waals surface area contributed by atoms with E-state index in [4.69, 9.17) is 0 Å². The fraction of sp³-hybridized carbons (Fsp3) is 0.667. The number of aryl methyl sites for hydroxylation is 1. The summed E-state index contributed by atoms with van der Waals surface area (Å²) in [4.78, 5) is 28.8. The molecule has 1 saturated carbocycles. The van der Waals surface area contributed by atoms with Crippen molar-refractivity contribution in [2.75, 3.05) is 6.54 Å². The van der Waals surface area contributed by atoms with Gasteiger partial charge in [0.15, 0.2) is 0 Å². The lowest BCUT2D eigenvalue weighted by atomic mass is 10.1. The average molecular weight is 319 g/mol. The first-order valence-corrected chi connectivity index (χ1v) is 8.51. The van der Waals surface area contributed by atoms with Crippen molar-refractivity contribution in [2.24, 2.45) is 13.0 Å². The van der Waals surface area contributed by atoms with Crippen molar-refractivity contribution >= 4 is 11.8 Å². The number of rotatable bonds is 7. The molecule has 2 amide bonds. The number of amides is 2. The van der Waals surface area contributed by atoms with Crippen LogP contribution in [0, 0.1) is 5.92 Å². The van der Waals surface area contributed by atoms with Crippen molar-refractivity contribution in [3.05, 3.63) is 24.0 Å². The van der Waals surface area contributed by atoms with E-state index in [0.29, 0.717) is 12.6 Å². The third kappa shape index (κ3) is 4.36. The molecule has 0 bridgehead atoms. The largest absolute Gasteiger partial charge is 0.353 e. The van der Waals surface area contributed by atoms with E-state index >= 15 is 0 Å². The monoisotopic (exact) mass is 319 g/mol. The Bertz CT molecular complexity index is 558. The zero-order chi connectivity index (χ0) is 17.1. The highest BCUT2D eigenvalue weighted by molar-refractivity contribution is 5.86. The molecule has 5 nitrogen and oxygen atoms in total. The Labute approximate surface area is 139 Å². The highest BCUT2D eigenvalue weighted by Gasteiger charge is 2.34. The van der Waals surface area contributed by atoms with E-state index in [1.54, 1.807) is 4.90 Å². The molecule has 1 aromatic heterocycles. The molecule has 0 aromatic carbocycles. The average Bonchev–Trinajstić information content (AvgIpc) is 3.24. The highest BCUT2D eigenvalue weighted by Crippen LogP contribution is 2.28. The van der Waals surface area contributed by atoms with Crippen LogP contribution in [0.1, 0.15) is 46.2 Å². The van der Waals surface area contributed by atoms with Crippen LogP contribution in [-0.4, -0.2) is 44.8 Å². The maximum atomic E-state index is 12.8. The summed E-state index contributed by atoms with van der Waals surface area (Å²) in [6, 6.07) is 4.40. The Morgan fingerprint density at radius 1 is 1.26 bits per heavy atom. The molecule has 1 heterocycles. The summed E-state index contributed by atoms with van der Waals surface area (Å²) in [6.45, 7) is 8.48. The van der Waals surface area contributed by atoms with E-state index in [0.717, 1.165) is 18.5 Å². The van der Waals surface area contributed by atoms with Gasteiger partial charge in [0.2, 0.25) is 11.8 Å². The molecule has 2 rings (SSSR count). The summed E-state index contributed by atoms with van der Waals surface area (Å²) < 4.78 is 2.04. The summed E-state index contributed by atoms with van der Waals surface area (Å²) in [5.41, 5.74) is 1.12. The van der Waals surface area contributed by atoms with Gasteiger partial charge in [-0.15, -0.1) is 0 Å². The van der Waals surface area contributed by atoms with Gasteiger partial charge in [-0.25, -0.2) is 0 Å². The first-order valence-electron chi connectivity index (χ1n) is 8.51. The Kier molecular flexibility index (Phi) is 5.50. The molecule has 0 aliphatic heterocycles. The maximum Gasteiger partial charge on any atom is 0.242 e. The predicted molar refractivity (Wildman–Crippen MR) is 90.7 cm³/mol. The second-order valence-electron chi connectivity index (χ2n) is 7.08. The molecule has 128 valence electrons. The van der Waals surface area contributed by atoms with E-state index in [2.05, 4.69) is 0 Å². The molecule has 0 N–H and O–H groups in total. The number of aromatic nitrogens is 1. The second-order valence-corrected chi connectivity index (χ2v) is 7.08. The van der Waals surface area contributed by atoms with E-state index in [-0.39, 0.29) is 30.3 Å². The van der Waals surface area contributed by atoms with Gasteiger partial charge in [-0.2, -0.15) is 0 Å². The molecule has 1 aliphatic carbocycles. The van der Waals surface area contributed by atoms with Crippen LogP contribution in [0.25, 0.3) is 0 Å². The Morgan fingerprint density at radius 2 is 1.91 bits per heavy atom. The van der Waals surface area contributed by atoms with Gasteiger partial charge < -0.3 is 14.4 Å². The molecule has 1 aromatic rings. The molecule has 0 radical (unpaired) electrons. The van der Waals surface area contributed by atoms with Crippen LogP contribution >= 0.6 is 0 Å². The Balaban J connectivity index is 2.08. The first kappa shape index (κ1) is 17.6. The van der Waals surface area contributed by atoms with Crippen LogP contribution in [0.3, 0.4) is 0 Å². The lowest BCUT2D eigenvalue weighted by Gasteiger charge is -2.31. The standard InChI is InChI=1S/C18H29N3O2/c1-13(2)18(23)20(14(3)4)12-17(22)21(15-8-9-15)11-16-7-6-10-19(16)5/h6-7,10,13-15H,8-9,11-12H2,1-5H3. The fourth-order valence-electron chi connectivity index (χ4n) is 2.73. The minimum Gasteiger partial charge on any atom is -0.353 e. The number of carbonyl (C=O) groups excluding carboxylic acids is 2. The summed E-state index contributed by atoms with van der Waals surface area (Å²) >= 11 is 0. The van der Waals surface area contributed by atoms with Gasteiger partial charge in [0.25, 0.3) is 0 Å². The van der Waals surface area contributed by atoms with Crippen molar-refractivity contribution in [1.82, 2.24) is 14.4 Å². The van der Waals surface area contributed by atoms with Crippen LogP contribution in [0.4, 0.5) is 0 Å².